The van der Waals surface area contributed by atoms with Gasteiger partial charge in [0.25, 0.3) is 0 Å². The van der Waals surface area contributed by atoms with Gasteiger partial charge in [0.2, 0.25) is 0 Å². The van der Waals surface area contributed by atoms with E-state index in [1.54, 1.807) is 6.92 Å². The van der Waals surface area contributed by atoms with Crippen molar-refractivity contribution < 1.29 is 32.5 Å². The molecule has 0 aromatic carbocycles. The average Bonchev–Trinajstić information content (AvgIpc) is 3.06. The number of hydrogen-bond donors (Lipinski definition) is 0. The Kier molecular flexibility index (Phi) is 11.8. The van der Waals surface area contributed by atoms with Gasteiger partial charge in [0.1, 0.15) is 18.1 Å². The highest BCUT2D eigenvalue weighted by molar-refractivity contribution is 7.48. The zero-order chi connectivity index (χ0) is 22.5. The topological polar surface area (TPSA) is 88.1 Å². The Balaban J connectivity index is 1.46. The third kappa shape index (κ3) is 9.46. The lowest BCUT2D eigenvalue weighted by atomic mass is 10.0. The Bertz CT molecular complexity index is 658. The molecule has 8 heteroatoms. The molecule has 2 heterocycles. The van der Waals surface area contributed by atoms with Crippen molar-refractivity contribution in [2.45, 2.75) is 97.3 Å². The number of ketones is 1. The lowest BCUT2D eigenvalue weighted by molar-refractivity contribution is -0.135. The van der Waals surface area contributed by atoms with Crippen molar-refractivity contribution in [1.29, 1.82) is 0 Å². The summed E-state index contributed by atoms with van der Waals surface area (Å²) in [7, 11) is -3.67. The number of esters is 1. The largest absolute Gasteiger partial charge is 0.529 e. The van der Waals surface area contributed by atoms with Gasteiger partial charge in [-0.05, 0) is 26.2 Å². The molecule has 0 unspecified atom stereocenters. The molecule has 0 spiro atoms. The number of carbonyl (C=O) groups is 2. The zero-order valence-corrected chi connectivity index (χ0v) is 20.1. The fraction of sp³-hybridized carbons (Fsp3) is 0.826. The minimum absolute atomic E-state index is 0.0998. The number of Topliss-reactive ketones (excluding diaryl/α,β-unsaturated/α-hetero) is 1. The van der Waals surface area contributed by atoms with E-state index in [2.05, 4.69) is 6.92 Å². The van der Waals surface area contributed by atoms with Gasteiger partial charge in [0.15, 0.2) is 0 Å². The SMILES string of the molecule is CCCCC(=O)CCCCCCCCCCCO[P@]1(=O)OC[C@H]2COC(=O)C2=C(C)O1. The molecule has 0 aromatic rings. The molecule has 2 aliphatic heterocycles. The summed E-state index contributed by atoms with van der Waals surface area (Å²) in [4.78, 5) is 23.4. The minimum atomic E-state index is -3.67. The van der Waals surface area contributed by atoms with Crippen molar-refractivity contribution in [1.82, 2.24) is 0 Å². The standard InChI is InChI=1S/C23H39O7P/c1-3-4-14-21(24)15-12-10-8-6-5-7-9-11-13-16-28-31(26)29-18-20-17-27-23(25)22(20)19(2)30-31/h20H,3-18H2,1-2H3/t20-,31-/m1/s1. The summed E-state index contributed by atoms with van der Waals surface area (Å²) in [6.07, 6.45) is 13.5. The number of unbranched alkanes of at least 4 members (excludes halogenated alkanes) is 9. The molecule has 178 valence electrons. The van der Waals surface area contributed by atoms with Gasteiger partial charge in [-0.15, -0.1) is 0 Å². The highest BCUT2D eigenvalue weighted by Crippen LogP contribution is 2.54. The van der Waals surface area contributed by atoms with Crippen LogP contribution in [-0.2, 0) is 32.5 Å². The molecule has 0 bridgehead atoms. The van der Waals surface area contributed by atoms with Crippen LogP contribution in [0.25, 0.3) is 0 Å². The summed E-state index contributed by atoms with van der Waals surface area (Å²) in [6, 6.07) is 0. The Labute approximate surface area is 186 Å². The minimum Gasteiger partial charge on any atom is -0.461 e. The maximum Gasteiger partial charge on any atom is 0.529 e. The Hall–Kier alpha value is -1.17. The quantitative estimate of drug-likeness (QED) is 0.153. The first-order chi connectivity index (χ1) is 14.9. The van der Waals surface area contributed by atoms with Crippen molar-refractivity contribution >= 4 is 19.6 Å². The van der Waals surface area contributed by atoms with Crippen LogP contribution < -0.4 is 0 Å². The zero-order valence-electron chi connectivity index (χ0n) is 19.2. The Morgan fingerprint density at radius 3 is 2.26 bits per heavy atom. The molecule has 0 saturated carbocycles. The summed E-state index contributed by atoms with van der Waals surface area (Å²) in [5, 5.41) is 0. The second-order valence-corrected chi connectivity index (χ2v) is 10.1. The summed E-state index contributed by atoms with van der Waals surface area (Å²) >= 11 is 0. The second kappa shape index (κ2) is 14.1. The van der Waals surface area contributed by atoms with E-state index in [1.807, 2.05) is 0 Å². The van der Waals surface area contributed by atoms with E-state index in [-0.39, 0.29) is 24.9 Å². The summed E-state index contributed by atoms with van der Waals surface area (Å²) in [6.45, 7) is 4.35. The van der Waals surface area contributed by atoms with Crippen molar-refractivity contribution in [3.63, 3.8) is 0 Å². The van der Waals surface area contributed by atoms with E-state index >= 15 is 0 Å². The summed E-state index contributed by atoms with van der Waals surface area (Å²) < 4.78 is 33.8. The van der Waals surface area contributed by atoms with E-state index in [4.69, 9.17) is 18.3 Å². The van der Waals surface area contributed by atoms with Gasteiger partial charge in [-0.3, -0.25) is 13.8 Å². The normalized spacial score (nSPS) is 23.3. The molecule has 2 atom stereocenters. The highest BCUT2D eigenvalue weighted by atomic mass is 31.2. The van der Waals surface area contributed by atoms with E-state index in [0.29, 0.717) is 18.0 Å². The fourth-order valence-corrected chi connectivity index (χ4v) is 5.22. The van der Waals surface area contributed by atoms with Crippen LogP contribution in [0.1, 0.15) is 97.3 Å². The van der Waals surface area contributed by atoms with Gasteiger partial charge >= 0.3 is 13.8 Å². The molecule has 31 heavy (non-hydrogen) atoms. The molecule has 7 nitrogen and oxygen atoms in total. The van der Waals surface area contributed by atoms with Crippen LogP contribution in [0.3, 0.4) is 0 Å². The first-order valence-electron chi connectivity index (χ1n) is 11.9. The van der Waals surface area contributed by atoms with Gasteiger partial charge in [0, 0.05) is 12.8 Å². The monoisotopic (exact) mass is 458 g/mol. The van der Waals surface area contributed by atoms with Gasteiger partial charge in [-0.1, -0.05) is 58.3 Å². The molecule has 1 saturated heterocycles. The van der Waals surface area contributed by atoms with E-state index < -0.39 is 13.8 Å². The summed E-state index contributed by atoms with van der Waals surface area (Å²) in [5.74, 6) is 0.0235. The average molecular weight is 459 g/mol. The maximum atomic E-state index is 12.7. The van der Waals surface area contributed by atoms with Crippen LogP contribution in [0.15, 0.2) is 11.3 Å². The predicted molar refractivity (Wildman–Crippen MR) is 118 cm³/mol. The van der Waals surface area contributed by atoms with Crippen LogP contribution in [-0.4, -0.2) is 31.6 Å². The molecular weight excluding hydrogens is 419 g/mol. The van der Waals surface area contributed by atoms with Gasteiger partial charge < -0.3 is 9.26 Å². The number of phosphoric ester groups is 1. The van der Waals surface area contributed by atoms with Crippen molar-refractivity contribution in [2.24, 2.45) is 5.92 Å². The Morgan fingerprint density at radius 1 is 0.968 bits per heavy atom. The Morgan fingerprint density at radius 2 is 1.58 bits per heavy atom. The molecular formula is C23H39O7P. The van der Waals surface area contributed by atoms with Crippen LogP contribution >= 0.6 is 7.82 Å². The third-order valence-corrected chi connectivity index (χ3v) is 7.23. The van der Waals surface area contributed by atoms with Gasteiger partial charge in [-0.2, -0.15) is 0 Å². The number of rotatable bonds is 16. The highest BCUT2D eigenvalue weighted by Gasteiger charge is 2.42. The lowest BCUT2D eigenvalue weighted by Gasteiger charge is -2.17. The molecule has 0 aromatic heterocycles. The van der Waals surface area contributed by atoms with Crippen LogP contribution in [0.5, 0.6) is 0 Å². The van der Waals surface area contributed by atoms with Gasteiger partial charge in [0.05, 0.1) is 24.7 Å². The van der Waals surface area contributed by atoms with Crippen LogP contribution in [0.2, 0.25) is 0 Å². The smallest absolute Gasteiger partial charge is 0.461 e. The van der Waals surface area contributed by atoms with E-state index in [1.165, 1.54) is 25.7 Å². The number of phosphoric acid groups is 1. The number of ether oxygens (including phenoxy) is 1. The summed E-state index contributed by atoms with van der Waals surface area (Å²) in [5.41, 5.74) is 0.407. The number of allylic oxidation sites excluding steroid dienone is 1. The van der Waals surface area contributed by atoms with E-state index in [0.717, 1.165) is 57.8 Å². The molecule has 1 fully saturated rings. The fourth-order valence-electron chi connectivity index (χ4n) is 3.89. The molecule has 0 aliphatic carbocycles. The van der Waals surface area contributed by atoms with Crippen LogP contribution in [0, 0.1) is 5.92 Å². The molecule has 0 radical (unpaired) electrons. The predicted octanol–water partition coefficient (Wildman–Crippen LogP) is 6.27. The van der Waals surface area contributed by atoms with Crippen molar-refractivity contribution in [2.75, 3.05) is 19.8 Å². The van der Waals surface area contributed by atoms with E-state index in [9.17, 15) is 14.2 Å². The lowest BCUT2D eigenvalue weighted by Crippen LogP contribution is -2.10. The first kappa shape index (κ1) is 26.1. The molecule has 2 aliphatic rings. The molecule has 0 amide bonds. The third-order valence-electron chi connectivity index (χ3n) is 5.76. The van der Waals surface area contributed by atoms with Gasteiger partial charge in [-0.25, -0.2) is 9.36 Å². The first-order valence-corrected chi connectivity index (χ1v) is 13.4. The van der Waals surface area contributed by atoms with Crippen LogP contribution in [0.4, 0.5) is 0 Å². The number of cyclic esters (lactones) is 1. The maximum absolute atomic E-state index is 12.7. The van der Waals surface area contributed by atoms with Crippen molar-refractivity contribution in [3.05, 3.63) is 11.3 Å². The number of fused-ring (bicyclic) bond motifs is 1. The number of hydrogen-bond acceptors (Lipinski definition) is 7. The molecule has 2 rings (SSSR count). The van der Waals surface area contributed by atoms with Crippen molar-refractivity contribution in [3.8, 4) is 0 Å². The molecule has 0 N–H and O–H groups in total. The second-order valence-electron chi connectivity index (χ2n) is 8.51. The number of carbonyl (C=O) groups excluding carboxylic acids is 2.